The fourth-order valence-electron chi connectivity index (χ4n) is 1.76. The number of anilines is 2. The summed E-state index contributed by atoms with van der Waals surface area (Å²) in [5, 5.41) is 13.9. The quantitative estimate of drug-likeness (QED) is 0.605. The Morgan fingerprint density at radius 1 is 1.47 bits per heavy atom. The van der Waals surface area contributed by atoms with Gasteiger partial charge in [-0.15, -0.1) is 0 Å². The zero-order chi connectivity index (χ0) is 12.3. The zero-order valence-electron chi connectivity index (χ0n) is 9.26. The van der Waals surface area contributed by atoms with Crippen molar-refractivity contribution in [2.24, 2.45) is 0 Å². The van der Waals surface area contributed by atoms with Gasteiger partial charge in [0.15, 0.2) is 0 Å². The van der Waals surface area contributed by atoms with E-state index in [4.69, 9.17) is 10.5 Å². The molecule has 1 aromatic rings. The number of rotatable bonds is 3. The van der Waals surface area contributed by atoms with Crippen LogP contribution in [0, 0.1) is 10.1 Å². The van der Waals surface area contributed by atoms with E-state index in [1.807, 2.05) is 0 Å². The van der Waals surface area contributed by atoms with Crippen molar-refractivity contribution in [2.45, 2.75) is 18.9 Å². The van der Waals surface area contributed by atoms with Gasteiger partial charge < -0.3 is 15.8 Å². The van der Waals surface area contributed by atoms with E-state index >= 15 is 0 Å². The molecule has 2 heterocycles. The highest BCUT2D eigenvalue weighted by Crippen LogP contribution is 2.25. The van der Waals surface area contributed by atoms with Crippen molar-refractivity contribution in [1.82, 2.24) is 4.98 Å². The van der Waals surface area contributed by atoms with Gasteiger partial charge >= 0.3 is 5.69 Å². The molecule has 7 nitrogen and oxygen atoms in total. The standard InChI is InChI=1S/C10H14N4O3/c11-9-2-1-8(14(15)16)10(13-9)12-7-3-5-17-6-4-7/h1-2,7H,3-6H2,(H3,11,12,13). The minimum atomic E-state index is -0.464. The van der Waals surface area contributed by atoms with Crippen LogP contribution in [-0.4, -0.2) is 29.2 Å². The molecule has 0 amide bonds. The van der Waals surface area contributed by atoms with E-state index in [1.165, 1.54) is 12.1 Å². The summed E-state index contributed by atoms with van der Waals surface area (Å²) in [7, 11) is 0. The Morgan fingerprint density at radius 2 is 2.18 bits per heavy atom. The number of aromatic nitrogens is 1. The molecule has 0 spiro atoms. The largest absolute Gasteiger partial charge is 0.384 e. The van der Waals surface area contributed by atoms with Gasteiger partial charge in [-0.3, -0.25) is 10.1 Å². The smallest absolute Gasteiger partial charge is 0.311 e. The Labute approximate surface area is 98.1 Å². The second kappa shape index (κ2) is 4.96. The van der Waals surface area contributed by atoms with E-state index in [2.05, 4.69) is 10.3 Å². The van der Waals surface area contributed by atoms with Crippen LogP contribution in [0.2, 0.25) is 0 Å². The van der Waals surface area contributed by atoms with Crippen molar-refractivity contribution in [3.63, 3.8) is 0 Å². The summed E-state index contributed by atoms with van der Waals surface area (Å²) in [6.07, 6.45) is 1.63. The maximum atomic E-state index is 10.8. The number of pyridine rings is 1. The molecule has 1 aliphatic heterocycles. The van der Waals surface area contributed by atoms with E-state index in [-0.39, 0.29) is 23.4 Å². The summed E-state index contributed by atoms with van der Waals surface area (Å²) in [4.78, 5) is 14.3. The van der Waals surface area contributed by atoms with E-state index in [1.54, 1.807) is 0 Å². The summed E-state index contributed by atoms with van der Waals surface area (Å²) in [6, 6.07) is 2.94. The molecule has 1 aliphatic rings. The van der Waals surface area contributed by atoms with E-state index < -0.39 is 4.92 Å². The average molecular weight is 238 g/mol. The van der Waals surface area contributed by atoms with Gasteiger partial charge in [0, 0.05) is 25.3 Å². The topological polar surface area (TPSA) is 103 Å². The number of hydrogen-bond acceptors (Lipinski definition) is 6. The first kappa shape index (κ1) is 11.6. The first-order valence-electron chi connectivity index (χ1n) is 5.42. The maximum Gasteiger partial charge on any atom is 0.311 e. The Bertz CT molecular complexity index is 418. The van der Waals surface area contributed by atoms with Crippen molar-refractivity contribution in [3.05, 3.63) is 22.2 Å². The van der Waals surface area contributed by atoms with Gasteiger partial charge in [-0.05, 0) is 18.9 Å². The lowest BCUT2D eigenvalue weighted by Crippen LogP contribution is -2.28. The average Bonchev–Trinajstić information content (AvgIpc) is 2.30. The fraction of sp³-hybridized carbons (Fsp3) is 0.500. The van der Waals surface area contributed by atoms with Crippen molar-refractivity contribution < 1.29 is 9.66 Å². The number of nitrogens with two attached hydrogens (primary N) is 1. The molecule has 2 rings (SSSR count). The third-order valence-electron chi connectivity index (χ3n) is 2.65. The van der Waals surface area contributed by atoms with Crippen LogP contribution in [0.3, 0.4) is 0 Å². The third kappa shape index (κ3) is 2.82. The van der Waals surface area contributed by atoms with Crippen LogP contribution in [-0.2, 0) is 4.74 Å². The maximum absolute atomic E-state index is 10.8. The predicted molar refractivity (Wildman–Crippen MR) is 62.8 cm³/mol. The normalized spacial score (nSPS) is 16.7. The van der Waals surface area contributed by atoms with Crippen molar-refractivity contribution in [1.29, 1.82) is 0 Å². The molecule has 0 aliphatic carbocycles. The Kier molecular flexibility index (Phi) is 3.38. The molecule has 1 saturated heterocycles. The highest BCUT2D eigenvalue weighted by molar-refractivity contribution is 5.59. The molecular weight excluding hydrogens is 224 g/mol. The van der Waals surface area contributed by atoms with Crippen LogP contribution in [0.4, 0.5) is 17.3 Å². The number of nitrogen functional groups attached to an aromatic ring is 1. The molecule has 0 radical (unpaired) electrons. The second-order valence-electron chi connectivity index (χ2n) is 3.89. The third-order valence-corrected chi connectivity index (χ3v) is 2.65. The van der Waals surface area contributed by atoms with Gasteiger partial charge in [0.05, 0.1) is 4.92 Å². The first-order chi connectivity index (χ1) is 8.16. The zero-order valence-corrected chi connectivity index (χ0v) is 9.26. The summed E-state index contributed by atoms with van der Waals surface area (Å²) in [5.74, 6) is 0.507. The Balaban J connectivity index is 2.17. The molecule has 3 N–H and O–H groups in total. The van der Waals surface area contributed by atoms with Crippen molar-refractivity contribution in [3.8, 4) is 0 Å². The second-order valence-corrected chi connectivity index (χ2v) is 3.89. The summed E-state index contributed by atoms with van der Waals surface area (Å²) >= 11 is 0. The van der Waals surface area contributed by atoms with Gasteiger partial charge in [0.1, 0.15) is 5.82 Å². The van der Waals surface area contributed by atoms with Crippen molar-refractivity contribution >= 4 is 17.3 Å². The van der Waals surface area contributed by atoms with E-state index in [0.717, 1.165) is 12.8 Å². The minimum absolute atomic E-state index is 0.0503. The van der Waals surface area contributed by atoms with Gasteiger partial charge in [-0.2, -0.15) is 0 Å². The fourth-order valence-corrected chi connectivity index (χ4v) is 1.76. The highest BCUT2D eigenvalue weighted by atomic mass is 16.6. The predicted octanol–water partition coefficient (Wildman–Crippen LogP) is 1.16. The molecule has 0 atom stereocenters. The van der Waals surface area contributed by atoms with Crippen molar-refractivity contribution in [2.75, 3.05) is 24.3 Å². The summed E-state index contributed by atoms with van der Waals surface area (Å²) in [6.45, 7) is 1.32. The summed E-state index contributed by atoms with van der Waals surface area (Å²) in [5.41, 5.74) is 5.48. The molecule has 0 aromatic carbocycles. The molecule has 1 fully saturated rings. The molecule has 0 bridgehead atoms. The monoisotopic (exact) mass is 238 g/mol. The minimum Gasteiger partial charge on any atom is -0.384 e. The van der Waals surface area contributed by atoms with E-state index in [0.29, 0.717) is 13.2 Å². The molecule has 0 saturated carbocycles. The molecule has 17 heavy (non-hydrogen) atoms. The van der Waals surface area contributed by atoms with Crippen LogP contribution in [0.1, 0.15) is 12.8 Å². The van der Waals surface area contributed by atoms with Crippen LogP contribution < -0.4 is 11.1 Å². The lowest BCUT2D eigenvalue weighted by atomic mass is 10.1. The number of nitro groups is 1. The first-order valence-corrected chi connectivity index (χ1v) is 5.42. The van der Waals surface area contributed by atoms with Gasteiger partial charge in [-0.25, -0.2) is 4.98 Å². The number of nitrogens with one attached hydrogen (secondary N) is 1. The number of ether oxygens (including phenoxy) is 1. The van der Waals surface area contributed by atoms with Crippen LogP contribution in [0.5, 0.6) is 0 Å². The molecule has 1 aromatic heterocycles. The molecule has 0 unspecified atom stereocenters. The SMILES string of the molecule is Nc1ccc([N+](=O)[O-])c(NC2CCOCC2)n1. The Morgan fingerprint density at radius 3 is 2.82 bits per heavy atom. The van der Waals surface area contributed by atoms with Crippen LogP contribution in [0.25, 0.3) is 0 Å². The number of nitrogens with zero attached hydrogens (tertiary/aromatic N) is 2. The lowest BCUT2D eigenvalue weighted by molar-refractivity contribution is -0.384. The van der Waals surface area contributed by atoms with Gasteiger partial charge in [0.2, 0.25) is 5.82 Å². The van der Waals surface area contributed by atoms with Crippen LogP contribution >= 0.6 is 0 Å². The molecule has 7 heteroatoms. The lowest BCUT2D eigenvalue weighted by Gasteiger charge is -2.23. The number of hydrogen-bond donors (Lipinski definition) is 2. The molecular formula is C10H14N4O3. The molecule has 92 valence electrons. The van der Waals surface area contributed by atoms with E-state index in [9.17, 15) is 10.1 Å². The Hall–Kier alpha value is -1.89. The summed E-state index contributed by atoms with van der Waals surface area (Å²) < 4.78 is 5.22. The van der Waals surface area contributed by atoms with Crippen LogP contribution in [0.15, 0.2) is 12.1 Å². The van der Waals surface area contributed by atoms with Gasteiger partial charge in [-0.1, -0.05) is 0 Å². The highest BCUT2D eigenvalue weighted by Gasteiger charge is 2.20. The van der Waals surface area contributed by atoms with Gasteiger partial charge in [0.25, 0.3) is 0 Å².